The maximum absolute atomic E-state index is 11.5. The van der Waals surface area contributed by atoms with E-state index in [1.165, 1.54) is 4.68 Å². The van der Waals surface area contributed by atoms with Crippen molar-refractivity contribution in [3.63, 3.8) is 0 Å². The third kappa shape index (κ3) is 2.44. The fraction of sp³-hybridized carbons (Fsp3) is 0.385. The van der Waals surface area contributed by atoms with E-state index >= 15 is 0 Å². The molecule has 1 aliphatic carbocycles. The van der Waals surface area contributed by atoms with Crippen LogP contribution in [0.2, 0.25) is 5.02 Å². The van der Waals surface area contributed by atoms with Crippen LogP contribution in [0.5, 0.6) is 0 Å². The van der Waals surface area contributed by atoms with Crippen molar-refractivity contribution in [2.75, 3.05) is 0 Å². The molecule has 110 valence electrons. The first-order valence-corrected chi connectivity index (χ1v) is 7.64. The summed E-state index contributed by atoms with van der Waals surface area (Å²) < 4.78 is 2.27. The Morgan fingerprint density at radius 3 is 2.86 bits per heavy atom. The Hall–Kier alpha value is -1.47. The molecule has 0 bridgehead atoms. The lowest BCUT2D eigenvalue weighted by Crippen LogP contribution is -2.42. The van der Waals surface area contributed by atoms with Gasteiger partial charge < -0.3 is 5.11 Å². The minimum Gasteiger partial charge on any atom is -0.481 e. The van der Waals surface area contributed by atoms with Crippen LogP contribution >= 0.6 is 27.5 Å². The van der Waals surface area contributed by atoms with Crippen molar-refractivity contribution in [3.8, 4) is 11.4 Å². The van der Waals surface area contributed by atoms with Crippen molar-refractivity contribution >= 4 is 33.5 Å². The summed E-state index contributed by atoms with van der Waals surface area (Å²) >= 11 is 9.63. The summed E-state index contributed by atoms with van der Waals surface area (Å²) in [4.78, 5) is 11.5. The van der Waals surface area contributed by atoms with Gasteiger partial charge in [0.15, 0.2) is 5.82 Å². The van der Waals surface area contributed by atoms with Gasteiger partial charge in [0.25, 0.3) is 0 Å². The second-order valence-corrected chi connectivity index (χ2v) is 6.43. The number of aromatic nitrogens is 4. The molecular weight excluding hydrogens is 360 g/mol. The van der Waals surface area contributed by atoms with E-state index in [0.717, 1.165) is 10.9 Å². The summed E-state index contributed by atoms with van der Waals surface area (Å²) in [5.74, 6) is -0.315. The average molecular weight is 372 g/mol. The van der Waals surface area contributed by atoms with E-state index in [2.05, 4.69) is 31.5 Å². The topological polar surface area (TPSA) is 80.9 Å². The first-order valence-electron chi connectivity index (χ1n) is 6.47. The van der Waals surface area contributed by atoms with Gasteiger partial charge in [-0.15, -0.1) is 5.10 Å². The summed E-state index contributed by atoms with van der Waals surface area (Å²) in [6.07, 6.45) is 2.21. The summed E-state index contributed by atoms with van der Waals surface area (Å²) in [5.41, 5.74) is -0.0845. The Morgan fingerprint density at radius 2 is 2.24 bits per heavy atom. The Balaban J connectivity index is 1.98. The smallest absolute Gasteiger partial charge is 0.311 e. The van der Waals surface area contributed by atoms with Crippen LogP contribution in [-0.4, -0.2) is 31.3 Å². The van der Waals surface area contributed by atoms with E-state index in [0.29, 0.717) is 29.3 Å². The average Bonchev–Trinajstić information content (AvgIpc) is 2.84. The highest BCUT2D eigenvalue weighted by Crippen LogP contribution is 2.43. The number of carbonyl (C=O) groups is 1. The number of benzene rings is 1. The largest absolute Gasteiger partial charge is 0.481 e. The molecule has 1 heterocycles. The molecule has 0 saturated heterocycles. The summed E-state index contributed by atoms with van der Waals surface area (Å²) in [5, 5.41) is 21.5. The van der Waals surface area contributed by atoms with Crippen LogP contribution in [-0.2, 0) is 11.3 Å². The molecule has 0 atom stereocenters. The number of halogens is 2. The molecule has 0 amide bonds. The molecule has 1 N–H and O–H groups in total. The minimum atomic E-state index is -0.796. The van der Waals surface area contributed by atoms with Crippen LogP contribution in [0, 0.1) is 5.41 Å². The normalized spacial score (nSPS) is 16.5. The molecule has 2 aromatic rings. The Kier molecular flexibility index (Phi) is 3.71. The zero-order chi connectivity index (χ0) is 15.0. The quantitative estimate of drug-likeness (QED) is 0.893. The van der Waals surface area contributed by atoms with Gasteiger partial charge in [0, 0.05) is 10.0 Å². The van der Waals surface area contributed by atoms with Crippen LogP contribution in [0.3, 0.4) is 0 Å². The summed E-state index contributed by atoms with van der Waals surface area (Å²) in [6.45, 7) is 0.257. The van der Waals surface area contributed by atoms with Crippen LogP contribution in [0.4, 0.5) is 0 Å². The molecule has 21 heavy (non-hydrogen) atoms. The van der Waals surface area contributed by atoms with Gasteiger partial charge in [-0.25, -0.2) is 4.68 Å². The molecule has 3 rings (SSSR count). The van der Waals surface area contributed by atoms with Crippen LogP contribution in [0.15, 0.2) is 22.7 Å². The number of carboxylic acid groups (broad SMARTS) is 1. The highest BCUT2D eigenvalue weighted by molar-refractivity contribution is 9.10. The Bertz CT molecular complexity index is 699. The number of carboxylic acids is 1. The standard InChI is InChI=1S/C13H12BrClN4O2/c14-9-4-1-3-8(10(9)15)11-16-17-18-19(11)7-13(12(20)21)5-2-6-13/h1,3-4H,2,5-7H2,(H,20,21). The van der Waals surface area contributed by atoms with E-state index in [4.69, 9.17) is 11.6 Å². The Labute approximate surface area is 134 Å². The Morgan fingerprint density at radius 1 is 1.48 bits per heavy atom. The third-order valence-corrected chi connectivity index (χ3v) is 5.24. The van der Waals surface area contributed by atoms with Crippen LogP contribution < -0.4 is 0 Å². The fourth-order valence-corrected chi connectivity index (χ4v) is 3.09. The predicted octanol–water partition coefficient (Wildman–Crippen LogP) is 3.01. The van der Waals surface area contributed by atoms with E-state index in [9.17, 15) is 9.90 Å². The molecule has 0 aliphatic heterocycles. The maximum Gasteiger partial charge on any atom is 0.311 e. The highest BCUT2D eigenvalue weighted by Gasteiger charge is 2.45. The molecule has 1 fully saturated rings. The lowest BCUT2D eigenvalue weighted by Gasteiger charge is -2.37. The molecule has 1 aromatic heterocycles. The molecular formula is C13H12BrClN4O2. The molecule has 0 radical (unpaired) electrons. The van der Waals surface area contributed by atoms with Crippen molar-refractivity contribution in [2.24, 2.45) is 5.41 Å². The molecule has 8 heteroatoms. The predicted molar refractivity (Wildman–Crippen MR) is 79.9 cm³/mol. The van der Waals surface area contributed by atoms with Gasteiger partial charge in [-0.3, -0.25) is 4.79 Å². The van der Waals surface area contributed by atoms with Crippen LogP contribution in [0.1, 0.15) is 19.3 Å². The lowest BCUT2D eigenvalue weighted by molar-refractivity contribution is -0.156. The van der Waals surface area contributed by atoms with Gasteiger partial charge in [0.05, 0.1) is 17.0 Å². The van der Waals surface area contributed by atoms with Crippen molar-refractivity contribution in [1.29, 1.82) is 0 Å². The van der Waals surface area contributed by atoms with Gasteiger partial charge >= 0.3 is 5.97 Å². The first kappa shape index (κ1) is 14.5. The van der Waals surface area contributed by atoms with E-state index in [1.807, 2.05) is 18.2 Å². The molecule has 1 saturated carbocycles. The molecule has 0 unspecified atom stereocenters. The lowest BCUT2D eigenvalue weighted by atomic mass is 9.69. The van der Waals surface area contributed by atoms with Gasteiger partial charge in [-0.1, -0.05) is 24.1 Å². The number of aliphatic carboxylic acids is 1. The first-order chi connectivity index (χ1) is 10.0. The van der Waals surface area contributed by atoms with Crippen LogP contribution in [0.25, 0.3) is 11.4 Å². The van der Waals surface area contributed by atoms with Gasteiger partial charge in [0.2, 0.25) is 0 Å². The molecule has 6 nitrogen and oxygen atoms in total. The minimum absolute atomic E-state index is 0.257. The van der Waals surface area contributed by atoms with Gasteiger partial charge in [-0.2, -0.15) is 0 Å². The monoisotopic (exact) mass is 370 g/mol. The second kappa shape index (κ2) is 5.38. The summed E-state index contributed by atoms with van der Waals surface area (Å²) in [6, 6.07) is 5.47. The maximum atomic E-state index is 11.5. The highest BCUT2D eigenvalue weighted by atomic mass is 79.9. The molecule has 1 aliphatic rings. The number of hydrogen-bond donors (Lipinski definition) is 1. The van der Waals surface area contributed by atoms with E-state index < -0.39 is 11.4 Å². The second-order valence-electron chi connectivity index (χ2n) is 5.20. The van der Waals surface area contributed by atoms with Gasteiger partial charge in [-0.05, 0) is 51.3 Å². The fourth-order valence-electron chi connectivity index (χ4n) is 2.51. The zero-order valence-corrected chi connectivity index (χ0v) is 13.3. The van der Waals surface area contributed by atoms with E-state index in [1.54, 1.807) is 0 Å². The zero-order valence-electron chi connectivity index (χ0n) is 11.0. The van der Waals surface area contributed by atoms with Crippen molar-refractivity contribution in [3.05, 3.63) is 27.7 Å². The molecule has 0 spiro atoms. The number of tetrazole rings is 1. The number of hydrogen-bond acceptors (Lipinski definition) is 4. The molecule has 1 aromatic carbocycles. The van der Waals surface area contributed by atoms with E-state index in [-0.39, 0.29) is 6.54 Å². The van der Waals surface area contributed by atoms with Crippen molar-refractivity contribution < 1.29 is 9.90 Å². The van der Waals surface area contributed by atoms with Gasteiger partial charge in [0.1, 0.15) is 0 Å². The third-order valence-electron chi connectivity index (χ3n) is 3.94. The summed E-state index contributed by atoms with van der Waals surface area (Å²) in [7, 11) is 0. The SMILES string of the molecule is O=C(O)C1(Cn2nnnc2-c2cccc(Br)c2Cl)CCC1. The number of rotatable bonds is 4. The number of nitrogens with zero attached hydrogens (tertiary/aromatic N) is 4. The van der Waals surface area contributed by atoms with Crippen molar-refractivity contribution in [2.45, 2.75) is 25.8 Å². The van der Waals surface area contributed by atoms with Crippen molar-refractivity contribution in [1.82, 2.24) is 20.2 Å².